The van der Waals surface area contributed by atoms with E-state index in [0.29, 0.717) is 0 Å². The number of hydrogen-bond donors (Lipinski definition) is 20. The van der Waals surface area contributed by atoms with Gasteiger partial charge in [-0.3, -0.25) is 33.6 Å². The van der Waals surface area contributed by atoms with Crippen molar-refractivity contribution in [2.45, 2.75) is 199 Å². The number of carbonyl (C=O) groups excluding carboxylic acids is 7. The average molecular weight is 1660 g/mol. The molecule has 0 aromatic heterocycles. The number of benzene rings is 6. The Morgan fingerprint density at radius 2 is 0.807 bits per heavy atom. The monoisotopic (exact) mass is 1660 g/mol. The average Bonchev–Trinajstić information content (AvgIpc) is 0.718. The Labute approximate surface area is 679 Å². The second kappa shape index (κ2) is 33.4. The smallest absolute Gasteiger partial charge is 0.202 e. The largest absolute Gasteiger partial charge is 0.507 e. The fourth-order valence-electron chi connectivity index (χ4n) is 18.1. The first-order valence-corrected chi connectivity index (χ1v) is 38.6. The maximum absolute atomic E-state index is 13.7. The van der Waals surface area contributed by atoms with Crippen LogP contribution in [0.25, 0.3) is 0 Å². The molecular weight excluding hydrogens is 1560 g/mol. The van der Waals surface area contributed by atoms with E-state index in [1.54, 1.807) is 34.9 Å². The molecule has 6 aliphatic carbocycles. The zero-order valence-electron chi connectivity index (χ0n) is 66.0. The van der Waals surface area contributed by atoms with Crippen molar-refractivity contribution in [2.24, 2.45) is 17.2 Å². The second-order valence-electron chi connectivity index (χ2n) is 31.5. The van der Waals surface area contributed by atoms with Crippen LogP contribution in [0.15, 0.2) is 54.6 Å². The van der Waals surface area contributed by atoms with E-state index in [2.05, 4.69) is 10.6 Å². The van der Waals surface area contributed by atoms with Crippen LogP contribution >= 0.6 is 0 Å². The van der Waals surface area contributed by atoms with Gasteiger partial charge in [0.25, 0.3) is 0 Å². The summed E-state index contributed by atoms with van der Waals surface area (Å²) in [5, 5.41) is 169. The van der Waals surface area contributed by atoms with E-state index >= 15 is 0 Å². The van der Waals surface area contributed by atoms with Gasteiger partial charge >= 0.3 is 0 Å². The molecule has 6 aromatic rings. The SMILES string of the molecule is CNC(CO)[C@]1(O)Cc2c(O)c3c(c(O)c2C(OC2CC(N)C(O)C(C)O2)C1)C(=O)c1c(OC)cccc1C3=O.CNC1CC(OC2C[C@](O)(C(N)CO)Cc3c(O)c4c(c(O)c32)C(=O)c2c(OC)cccc2C4=O)OC(C)C1O.COc1cccc2c1C(=O)c1c(O)c3c(c(O)c1C2=O)C[C@@](O)(C(=O)CO)CC3OC1CC(N)C(O)C(C)O1. The number of aliphatic hydroxyl groups excluding tert-OH is 6. The van der Waals surface area contributed by atoms with Crippen molar-refractivity contribution in [2.75, 3.05) is 55.2 Å². The molecule has 36 heteroatoms. The molecule has 15 rings (SSSR count). The van der Waals surface area contributed by atoms with Gasteiger partial charge in [-0.05, 0) is 53.1 Å². The molecule has 20 atom stereocenters. The molecule has 3 saturated heterocycles. The van der Waals surface area contributed by atoms with Crippen LogP contribution in [0.3, 0.4) is 0 Å². The predicted molar refractivity (Wildman–Crippen MR) is 411 cm³/mol. The molecule has 3 fully saturated rings. The Morgan fingerprint density at radius 1 is 0.471 bits per heavy atom. The number of likely N-dealkylation sites (N-methyl/N-ethyl adjacent to an activating group) is 2. The lowest BCUT2D eigenvalue weighted by Crippen LogP contribution is -2.56. The third kappa shape index (κ3) is 14.8. The third-order valence-corrected chi connectivity index (χ3v) is 24.5. The summed E-state index contributed by atoms with van der Waals surface area (Å²) in [6.45, 7) is 2.80. The predicted octanol–water partition coefficient (Wildman–Crippen LogP) is 0.0417. The Bertz CT molecular complexity index is 5070. The highest BCUT2D eigenvalue weighted by atomic mass is 16.7. The van der Waals surface area contributed by atoms with Crippen LogP contribution in [0.2, 0.25) is 0 Å². The fourth-order valence-corrected chi connectivity index (χ4v) is 18.1. The van der Waals surface area contributed by atoms with E-state index in [-0.39, 0.29) is 141 Å². The van der Waals surface area contributed by atoms with Gasteiger partial charge in [-0.15, -0.1) is 0 Å². The zero-order valence-corrected chi connectivity index (χ0v) is 66.0. The number of nitrogens with two attached hydrogens (primary N) is 3. The highest BCUT2D eigenvalue weighted by molar-refractivity contribution is 6.33. The summed E-state index contributed by atoms with van der Waals surface area (Å²) in [4.78, 5) is 94.4. The van der Waals surface area contributed by atoms with Gasteiger partial charge in [0.2, 0.25) is 17.3 Å². The molecule has 640 valence electrons. The summed E-state index contributed by atoms with van der Waals surface area (Å²) >= 11 is 0. The molecule has 23 N–H and O–H groups in total. The fraction of sp³-hybridized carbons (Fsp3) is 0.482. The molecule has 9 aliphatic rings. The van der Waals surface area contributed by atoms with Crippen LogP contribution < -0.4 is 42.0 Å². The first kappa shape index (κ1) is 87.2. The number of rotatable bonds is 17. The molecule has 0 amide bonds. The lowest BCUT2D eigenvalue weighted by molar-refractivity contribution is -0.250. The number of aliphatic hydroxyl groups is 9. The van der Waals surface area contributed by atoms with Crippen LogP contribution in [0.4, 0.5) is 0 Å². The van der Waals surface area contributed by atoms with E-state index < -0.39 is 250 Å². The van der Waals surface area contributed by atoms with Crippen LogP contribution in [0.5, 0.6) is 51.7 Å². The highest BCUT2D eigenvalue weighted by Crippen LogP contribution is 2.57. The van der Waals surface area contributed by atoms with Crippen molar-refractivity contribution in [3.8, 4) is 51.7 Å². The summed E-state index contributed by atoms with van der Waals surface area (Å²) in [5.74, 6) is -8.63. The van der Waals surface area contributed by atoms with Gasteiger partial charge in [-0.25, -0.2) is 0 Å². The highest BCUT2D eigenvalue weighted by Gasteiger charge is 2.55. The van der Waals surface area contributed by atoms with E-state index in [4.69, 9.17) is 59.8 Å². The van der Waals surface area contributed by atoms with E-state index in [1.165, 1.54) is 75.9 Å². The maximum atomic E-state index is 13.7. The molecular formula is C83H97N5O31. The number of carbonyl (C=O) groups is 7. The number of nitrogens with one attached hydrogen (secondary N) is 2. The van der Waals surface area contributed by atoms with Gasteiger partial charge in [0.05, 0.1) is 163 Å². The van der Waals surface area contributed by atoms with Crippen molar-refractivity contribution >= 4 is 40.5 Å². The lowest BCUT2D eigenvalue weighted by atomic mass is 9.71. The molecule has 0 radical (unpaired) electrons. The number of phenolic OH excluding ortho intramolecular Hbond substituents is 6. The number of methoxy groups -OCH3 is 3. The molecule has 6 aromatic carbocycles. The number of ether oxygens (including phenoxy) is 9. The summed E-state index contributed by atoms with van der Waals surface area (Å²) in [7, 11) is 7.26. The van der Waals surface area contributed by atoms with Crippen molar-refractivity contribution in [3.05, 3.63) is 155 Å². The van der Waals surface area contributed by atoms with Gasteiger partial charge in [0.1, 0.15) is 64.0 Å². The Hall–Kier alpha value is -9.59. The van der Waals surface area contributed by atoms with Gasteiger partial charge < -0.3 is 147 Å². The third-order valence-electron chi connectivity index (χ3n) is 24.5. The summed E-state index contributed by atoms with van der Waals surface area (Å²) in [6.07, 6.45) is -13.1. The van der Waals surface area contributed by atoms with Crippen molar-refractivity contribution < 1.29 is 153 Å². The van der Waals surface area contributed by atoms with E-state index in [0.717, 1.165) is 0 Å². The summed E-state index contributed by atoms with van der Waals surface area (Å²) in [5.41, 5.74) is 9.36. The minimum Gasteiger partial charge on any atom is -0.507 e. The Balaban J connectivity index is 0.000000155. The Morgan fingerprint density at radius 3 is 1.14 bits per heavy atom. The normalized spacial score (nSPS) is 30.2. The number of phenols is 6. The first-order valence-electron chi connectivity index (χ1n) is 38.6. The number of ketones is 7. The van der Waals surface area contributed by atoms with Crippen LogP contribution in [0, 0.1) is 0 Å². The standard InChI is InChI=1S/2C28H34N2O10.C27H29NO11/c1-11-23(32)14(30-2)7-18(39-11)40-16-9-28(37,17(29)10-31)8-13-20(16)27(36)22-21(25(13)34)24(33)12-5-4-6-15(38-3)19(12)26(22)35;1-11-23(32)14(29)7-18(39-11)40-16-9-28(37,17(10-31)30-2)8-13-20(16)27(36)22-21(25(13)34)24(33)12-5-4-6-15(38-3)19(12)26(22)35;1-10-22(31)13(28)6-17(38-10)39-15-8-27(36,16(30)9-29)7-12-19(15)26(35)21-20(24(12)33)23(32)11-4-3-5-14(37-2)18(11)25(21)34/h2*4-6,11,14,16-18,23,30-32,34,36-37H,7-10,29H2,1-3H3;3-5,10,13,15,17,22,29,31,33,35-36H,6-9,28H2,1-2H3/t2*11?,14?,16?,17?,18?,23?,28-;10?,13?,15?,17?,22?,27-/m000/s1. The first-order chi connectivity index (χ1) is 56.4. The van der Waals surface area contributed by atoms with Gasteiger partial charge in [-0.1, -0.05) is 36.4 Å². The number of Topliss-reactive ketones (excluding diaryl/α,β-unsaturated/α-hetero) is 1. The number of hydrogen-bond acceptors (Lipinski definition) is 36. The molecule has 3 heterocycles. The topological polar surface area (TPSA) is 608 Å². The quantitative estimate of drug-likeness (QED) is 0.0535. The lowest BCUT2D eigenvalue weighted by Gasteiger charge is -2.45. The van der Waals surface area contributed by atoms with Gasteiger partial charge in [0.15, 0.2) is 42.0 Å². The van der Waals surface area contributed by atoms with E-state index in [1.807, 2.05) is 0 Å². The zero-order chi connectivity index (χ0) is 86.6. The van der Waals surface area contributed by atoms with Crippen molar-refractivity contribution in [1.29, 1.82) is 0 Å². The molecule has 0 bridgehead atoms. The van der Waals surface area contributed by atoms with E-state index in [9.17, 15) is 110 Å². The van der Waals surface area contributed by atoms with Crippen LogP contribution in [-0.2, 0) is 52.5 Å². The van der Waals surface area contributed by atoms with Crippen molar-refractivity contribution in [3.63, 3.8) is 0 Å². The molecule has 3 aliphatic heterocycles. The number of fused-ring (bicyclic) bond motifs is 9. The molecule has 17 unspecified atom stereocenters. The molecule has 119 heavy (non-hydrogen) atoms. The van der Waals surface area contributed by atoms with Gasteiger partial charge in [-0.2, -0.15) is 0 Å². The summed E-state index contributed by atoms with van der Waals surface area (Å²) < 4.78 is 51.7. The molecule has 0 saturated carbocycles. The van der Waals surface area contributed by atoms with Crippen LogP contribution in [0.1, 0.15) is 207 Å². The molecule has 0 spiro atoms. The number of aromatic hydroxyl groups is 6. The minimum atomic E-state index is -2.24. The van der Waals surface area contributed by atoms with Gasteiger partial charge in [0, 0.05) is 126 Å². The maximum Gasteiger partial charge on any atom is 0.202 e. The van der Waals surface area contributed by atoms with Crippen molar-refractivity contribution in [1.82, 2.24) is 10.6 Å². The second-order valence-corrected chi connectivity index (χ2v) is 31.5. The Kier molecular flexibility index (Phi) is 24.5. The minimum absolute atomic E-state index is 0.00121. The van der Waals surface area contributed by atoms with Crippen LogP contribution in [-0.4, -0.2) is 275 Å². The molecule has 36 nitrogen and oxygen atoms in total. The summed E-state index contributed by atoms with van der Waals surface area (Å²) in [6, 6.07) is 9.50.